The predicted molar refractivity (Wildman–Crippen MR) is 106 cm³/mol. The second-order valence-corrected chi connectivity index (χ2v) is 7.07. The van der Waals surface area contributed by atoms with E-state index in [4.69, 9.17) is 16.3 Å². The van der Waals surface area contributed by atoms with Crippen LogP contribution in [0.2, 0.25) is 5.02 Å². The van der Waals surface area contributed by atoms with Crippen LogP contribution in [0.25, 0.3) is 0 Å². The highest BCUT2D eigenvalue weighted by molar-refractivity contribution is 6.31. The number of esters is 1. The summed E-state index contributed by atoms with van der Waals surface area (Å²) in [5.41, 5.74) is 1.54. The largest absolute Gasteiger partial charge is 0.455 e. The molecule has 0 unspecified atom stereocenters. The van der Waals surface area contributed by atoms with Crippen LogP contribution >= 0.6 is 11.6 Å². The lowest BCUT2D eigenvalue weighted by atomic mass is 10.1. The molecule has 1 fully saturated rings. The van der Waals surface area contributed by atoms with Crippen LogP contribution in [-0.2, 0) is 25.7 Å². The number of nitrogens with zero attached hydrogens (tertiary/aromatic N) is 2. The Balaban J connectivity index is 1.52. The van der Waals surface area contributed by atoms with Crippen molar-refractivity contribution in [3.05, 3.63) is 65.2 Å². The summed E-state index contributed by atoms with van der Waals surface area (Å²) in [5.74, 6) is -1.58. The summed E-state index contributed by atoms with van der Waals surface area (Å²) in [6, 6.07) is 16.4. The van der Waals surface area contributed by atoms with E-state index in [1.807, 2.05) is 36.4 Å². The highest BCUT2D eigenvalue weighted by Gasteiger charge is 2.35. The normalized spacial score (nSPS) is 16.1. The molecule has 1 aliphatic rings. The Bertz CT molecular complexity index is 872. The van der Waals surface area contributed by atoms with Crippen LogP contribution < -0.4 is 4.90 Å². The lowest BCUT2D eigenvalue weighted by molar-refractivity contribution is -0.151. The first kappa shape index (κ1) is 19.9. The van der Waals surface area contributed by atoms with Gasteiger partial charge in [0, 0.05) is 37.3 Å². The molecule has 1 atom stereocenters. The third kappa shape index (κ3) is 4.70. The van der Waals surface area contributed by atoms with Crippen LogP contribution in [0, 0.1) is 5.92 Å². The van der Waals surface area contributed by atoms with Crippen molar-refractivity contribution in [2.75, 3.05) is 25.1 Å². The molecule has 28 heavy (non-hydrogen) atoms. The molecule has 2 amide bonds. The molecule has 0 aliphatic carbocycles. The molecule has 2 aromatic carbocycles. The number of anilines is 1. The Kier molecular flexibility index (Phi) is 6.31. The molecule has 0 N–H and O–H groups in total. The number of hydrogen-bond acceptors (Lipinski definition) is 4. The van der Waals surface area contributed by atoms with E-state index in [-0.39, 0.29) is 31.4 Å². The maximum Gasteiger partial charge on any atom is 0.311 e. The lowest BCUT2D eigenvalue weighted by Crippen LogP contribution is -2.32. The summed E-state index contributed by atoms with van der Waals surface area (Å²) in [6.07, 6.45) is 0.0754. The first-order valence-electron chi connectivity index (χ1n) is 8.95. The van der Waals surface area contributed by atoms with Crippen molar-refractivity contribution >= 4 is 35.1 Å². The van der Waals surface area contributed by atoms with Gasteiger partial charge in [0.15, 0.2) is 6.61 Å². The van der Waals surface area contributed by atoms with E-state index in [1.165, 1.54) is 4.90 Å². The summed E-state index contributed by atoms with van der Waals surface area (Å²) in [4.78, 5) is 39.8. The van der Waals surface area contributed by atoms with Crippen molar-refractivity contribution in [2.24, 2.45) is 5.92 Å². The quantitative estimate of drug-likeness (QED) is 0.699. The average Bonchev–Trinajstić information content (AvgIpc) is 3.08. The molecule has 0 radical (unpaired) electrons. The Hall–Kier alpha value is -2.86. The summed E-state index contributed by atoms with van der Waals surface area (Å²) >= 11 is 6.14. The fourth-order valence-corrected chi connectivity index (χ4v) is 3.25. The van der Waals surface area contributed by atoms with Gasteiger partial charge in [0.2, 0.25) is 5.91 Å². The number of carbonyl (C=O) groups is 3. The van der Waals surface area contributed by atoms with E-state index in [9.17, 15) is 14.4 Å². The Morgan fingerprint density at radius 2 is 1.82 bits per heavy atom. The van der Waals surface area contributed by atoms with Crippen molar-refractivity contribution in [1.29, 1.82) is 0 Å². The molecule has 0 bridgehead atoms. The number of rotatable bonds is 6. The van der Waals surface area contributed by atoms with E-state index in [0.717, 1.165) is 5.56 Å². The van der Waals surface area contributed by atoms with E-state index >= 15 is 0 Å². The van der Waals surface area contributed by atoms with Gasteiger partial charge in [-0.3, -0.25) is 14.4 Å². The van der Waals surface area contributed by atoms with E-state index < -0.39 is 11.9 Å². The maximum absolute atomic E-state index is 12.3. The number of amides is 2. The number of likely N-dealkylation sites (N-methyl/N-ethyl adjacent to an activating group) is 1. The summed E-state index contributed by atoms with van der Waals surface area (Å²) < 4.78 is 5.17. The number of ether oxygens (including phenoxy) is 1. The zero-order chi connectivity index (χ0) is 20.1. The maximum atomic E-state index is 12.3. The number of benzene rings is 2. The molecule has 7 heteroatoms. The highest BCUT2D eigenvalue weighted by atomic mass is 35.5. The molecule has 146 valence electrons. The molecule has 2 aromatic rings. The molecule has 0 spiro atoms. The van der Waals surface area contributed by atoms with Crippen LogP contribution in [0.4, 0.5) is 5.69 Å². The first-order chi connectivity index (χ1) is 13.5. The van der Waals surface area contributed by atoms with Crippen molar-refractivity contribution in [3.63, 3.8) is 0 Å². The second kappa shape index (κ2) is 8.89. The number of carbonyl (C=O) groups excluding carboxylic acids is 3. The molecule has 3 rings (SSSR count). The van der Waals surface area contributed by atoms with Crippen LogP contribution in [0.1, 0.15) is 12.0 Å². The summed E-state index contributed by atoms with van der Waals surface area (Å²) in [7, 11) is 1.62. The molecular formula is C21H21ClN2O4. The van der Waals surface area contributed by atoms with Gasteiger partial charge in [0.1, 0.15) is 0 Å². The van der Waals surface area contributed by atoms with Crippen LogP contribution in [0.15, 0.2) is 54.6 Å². The molecule has 1 saturated heterocycles. The predicted octanol–water partition coefficient (Wildman–Crippen LogP) is 2.89. The molecule has 1 aliphatic heterocycles. The van der Waals surface area contributed by atoms with Crippen molar-refractivity contribution < 1.29 is 19.1 Å². The van der Waals surface area contributed by atoms with Crippen LogP contribution in [0.3, 0.4) is 0 Å². The minimum absolute atomic E-state index is 0.0754. The van der Waals surface area contributed by atoms with Crippen molar-refractivity contribution in [2.45, 2.75) is 13.0 Å². The number of likely N-dealkylation sites (tertiary alicyclic amines) is 1. The monoisotopic (exact) mass is 400 g/mol. The van der Waals surface area contributed by atoms with Gasteiger partial charge in [0.05, 0.1) is 5.92 Å². The van der Waals surface area contributed by atoms with Gasteiger partial charge < -0.3 is 14.5 Å². The SMILES string of the molecule is CN(C(=O)COC(=O)[C@@H]1CC(=O)N(Cc2ccccc2Cl)C1)c1ccccc1. The second-order valence-electron chi connectivity index (χ2n) is 6.66. The van der Waals surface area contributed by atoms with Crippen LogP contribution in [0.5, 0.6) is 0 Å². The number of hydrogen-bond donors (Lipinski definition) is 0. The zero-order valence-electron chi connectivity index (χ0n) is 15.5. The molecule has 1 heterocycles. The van der Waals surface area contributed by atoms with Gasteiger partial charge in [0.25, 0.3) is 5.91 Å². The Morgan fingerprint density at radius 1 is 1.14 bits per heavy atom. The molecule has 0 saturated carbocycles. The lowest BCUT2D eigenvalue weighted by Gasteiger charge is -2.18. The van der Waals surface area contributed by atoms with E-state index in [2.05, 4.69) is 0 Å². The van der Waals surface area contributed by atoms with Gasteiger partial charge in [-0.25, -0.2) is 0 Å². The minimum atomic E-state index is -0.579. The van der Waals surface area contributed by atoms with Gasteiger partial charge in [-0.1, -0.05) is 48.0 Å². The standard InChI is InChI=1S/C21H21ClN2O4/c1-23(17-8-3-2-4-9-17)20(26)14-28-21(27)16-11-19(25)24(13-16)12-15-7-5-6-10-18(15)22/h2-10,16H,11-14H2,1H3/t16-/m1/s1. The van der Waals surface area contributed by atoms with Crippen molar-refractivity contribution in [1.82, 2.24) is 4.90 Å². The fraction of sp³-hybridized carbons (Fsp3) is 0.286. The third-order valence-electron chi connectivity index (χ3n) is 4.72. The highest BCUT2D eigenvalue weighted by Crippen LogP contribution is 2.24. The number of para-hydroxylation sites is 1. The first-order valence-corrected chi connectivity index (χ1v) is 9.33. The van der Waals surface area contributed by atoms with Gasteiger partial charge in [-0.15, -0.1) is 0 Å². The third-order valence-corrected chi connectivity index (χ3v) is 5.09. The zero-order valence-corrected chi connectivity index (χ0v) is 16.3. The Labute approximate surface area is 168 Å². The molecule has 0 aromatic heterocycles. The Morgan fingerprint density at radius 3 is 2.54 bits per heavy atom. The van der Waals surface area contributed by atoms with Crippen molar-refractivity contribution in [3.8, 4) is 0 Å². The molecule has 6 nitrogen and oxygen atoms in total. The van der Waals surface area contributed by atoms with Crippen LogP contribution in [-0.4, -0.2) is 42.9 Å². The summed E-state index contributed by atoms with van der Waals surface area (Å²) in [6.45, 7) is 0.239. The van der Waals surface area contributed by atoms with Gasteiger partial charge in [-0.05, 0) is 23.8 Å². The van der Waals surface area contributed by atoms with Gasteiger partial charge in [-0.2, -0.15) is 0 Å². The fourth-order valence-electron chi connectivity index (χ4n) is 3.06. The smallest absolute Gasteiger partial charge is 0.311 e. The van der Waals surface area contributed by atoms with Gasteiger partial charge >= 0.3 is 5.97 Å². The average molecular weight is 401 g/mol. The number of halogens is 1. The summed E-state index contributed by atoms with van der Waals surface area (Å²) in [5, 5.41) is 0.580. The topological polar surface area (TPSA) is 66.9 Å². The molecular weight excluding hydrogens is 380 g/mol. The minimum Gasteiger partial charge on any atom is -0.455 e. The van der Waals surface area contributed by atoms with E-state index in [0.29, 0.717) is 17.3 Å². The van der Waals surface area contributed by atoms with E-state index in [1.54, 1.807) is 30.1 Å².